The molecule has 2 heterocycles. The van der Waals surface area contributed by atoms with Crippen LogP contribution in [0.4, 0.5) is 15.3 Å². The first kappa shape index (κ1) is 26.2. The van der Waals surface area contributed by atoms with Crippen molar-refractivity contribution in [3.63, 3.8) is 0 Å². The molecule has 2 amide bonds. The minimum atomic E-state index is -1.58. The SMILES string of the molecule is CC(C)(C)OC(=O)NCc1cccc(COC(=O)Nc2ccsc2-c2nc(C(=O)O)c(O)c(=O)[nH]2)c1. The molecule has 0 bridgehead atoms. The summed E-state index contributed by atoms with van der Waals surface area (Å²) in [5.74, 6) is -2.72. The lowest BCUT2D eigenvalue weighted by Crippen LogP contribution is -2.32. The van der Waals surface area contributed by atoms with Crippen LogP contribution in [0.1, 0.15) is 42.4 Å². The molecule has 0 aliphatic carbocycles. The fourth-order valence-corrected chi connectivity index (χ4v) is 3.72. The Morgan fingerprint density at radius 3 is 2.56 bits per heavy atom. The van der Waals surface area contributed by atoms with Gasteiger partial charge in [-0.1, -0.05) is 24.3 Å². The van der Waals surface area contributed by atoms with E-state index in [9.17, 15) is 24.3 Å². The lowest BCUT2D eigenvalue weighted by molar-refractivity contribution is 0.0522. The van der Waals surface area contributed by atoms with E-state index in [1.165, 1.54) is 6.07 Å². The van der Waals surface area contributed by atoms with E-state index in [0.29, 0.717) is 5.56 Å². The standard InChI is InChI=1S/C23H24N4O8S/c1-23(2,3)35-21(32)24-10-12-5-4-6-13(9-12)11-34-22(33)25-14-7-8-36-17(14)18-26-15(20(30)31)16(28)19(29)27-18/h4-9,28H,10-11H2,1-3H3,(H,24,32)(H,25,33)(H,30,31)(H,26,27,29). The Balaban J connectivity index is 1.62. The monoisotopic (exact) mass is 516 g/mol. The second kappa shape index (κ2) is 10.9. The second-order valence-electron chi connectivity index (χ2n) is 8.46. The largest absolute Gasteiger partial charge is 0.501 e. The zero-order chi connectivity index (χ0) is 26.5. The van der Waals surface area contributed by atoms with E-state index in [1.54, 1.807) is 50.4 Å². The lowest BCUT2D eigenvalue weighted by atomic mass is 10.1. The molecule has 12 nitrogen and oxygen atoms in total. The van der Waals surface area contributed by atoms with Crippen molar-refractivity contribution in [3.8, 4) is 16.5 Å². The molecular weight excluding hydrogens is 492 g/mol. The van der Waals surface area contributed by atoms with Gasteiger partial charge in [-0.3, -0.25) is 10.1 Å². The number of nitrogens with one attached hydrogen (secondary N) is 3. The first-order valence-corrected chi connectivity index (χ1v) is 11.4. The Morgan fingerprint density at radius 2 is 1.86 bits per heavy atom. The number of hydrogen-bond acceptors (Lipinski definition) is 9. The Bertz CT molecular complexity index is 1340. The molecule has 0 fully saturated rings. The third-order valence-corrected chi connectivity index (χ3v) is 5.33. The molecule has 13 heteroatoms. The molecule has 0 spiro atoms. The number of alkyl carbamates (subject to hydrolysis) is 1. The predicted molar refractivity (Wildman–Crippen MR) is 130 cm³/mol. The van der Waals surface area contributed by atoms with Gasteiger partial charge in [0.2, 0.25) is 5.75 Å². The zero-order valence-corrected chi connectivity index (χ0v) is 20.4. The van der Waals surface area contributed by atoms with Gasteiger partial charge in [-0.2, -0.15) is 0 Å². The number of thiophene rings is 1. The highest BCUT2D eigenvalue weighted by Crippen LogP contribution is 2.31. The first-order valence-electron chi connectivity index (χ1n) is 10.6. The number of nitrogens with zero attached hydrogens (tertiary/aromatic N) is 1. The number of carboxylic acids is 1. The van der Waals surface area contributed by atoms with Gasteiger partial charge in [0.25, 0.3) is 5.56 Å². The average Bonchev–Trinajstić information content (AvgIpc) is 3.25. The van der Waals surface area contributed by atoms with Crippen LogP contribution in [0.5, 0.6) is 5.75 Å². The number of rotatable bonds is 7. The molecule has 1 aromatic carbocycles. The molecule has 0 atom stereocenters. The third-order valence-electron chi connectivity index (χ3n) is 4.41. The normalized spacial score (nSPS) is 11.0. The number of carboxylic acid groups (broad SMARTS) is 1. The Morgan fingerprint density at radius 1 is 1.14 bits per heavy atom. The van der Waals surface area contributed by atoms with Crippen LogP contribution >= 0.6 is 11.3 Å². The van der Waals surface area contributed by atoms with Crippen LogP contribution in [0.3, 0.4) is 0 Å². The summed E-state index contributed by atoms with van der Waals surface area (Å²) >= 11 is 1.08. The highest BCUT2D eigenvalue weighted by Gasteiger charge is 2.20. The van der Waals surface area contributed by atoms with Gasteiger partial charge in [0.05, 0.1) is 10.6 Å². The molecule has 2 aromatic heterocycles. The number of aromatic carboxylic acids is 1. The molecule has 3 aromatic rings. The number of carbonyl (C=O) groups excluding carboxylic acids is 2. The summed E-state index contributed by atoms with van der Waals surface area (Å²) in [6.45, 7) is 5.46. The first-order chi connectivity index (χ1) is 16.9. The van der Waals surface area contributed by atoms with Crippen LogP contribution < -0.4 is 16.2 Å². The second-order valence-corrected chi connectivity index (χ2v) is 9.37. The lowest BCUT2D eigenvalue weighted by Gasteiger charge is -2.19. The Hall–Kier alpha value is -4.39. The van der Waals surface area contributed by atoms with Crippen LogP contribution in [0, 0.1) is 0 Å². The van der Waals surface area contributed by atoms with E-state index in [1.807, 2.05) is 0 Å². The van der Waals surface area contributed by atoms with Gasteiger partial charge in [0.1, 0.15) is 12.2 Å². The number of carbonyl (C=O) groups is 3. The number of amides is 2. The average molecular weight is 517 g/mol. The molecular formula is C23H24N4O8S. The number of hydrogen-bond donors (Lipinski definition) is 5. The number of aromatic hydroxyl groups is 1. The third kappa shape index (κ3) is 7.06. The highest BCUT2D eigenvalue weighted by molar-refractivity contribution is 7.14. The number of aromatic amines is 1. The summed E-state index contributed by atoms with van der Waals surface area (Å²) in [5.41, 5.74) is -0.766. The molecule has 3 rings (SSSR count). The molecule has 0 aliphatic heterocycles. The van der Waals surface area contributed by atoms with Crippen LogP contribution in [0.2, 0.25) is 0 Å². The van der Waals surface area contributed by atoms with Gasteiger partial charge in [-0.15, -0.1) is 11.3 Å². The highest BCUT2D eigenvalue weighted by atomic mass is 32.1. The van der Waals surface area contributed by atoms with E-state index in [-0.39, 0.29) is 29.5 Å². The zero-order valence-electron chi connectivity index (χ0n) is 19.6. The molecule has 190 valence electrons. The fourth-order valence-electron chi connectivity index (χ4n) is 2.93. The van der Waals surface area contributed by atoms with Crippen molar-refractivity contribution < 1.29 is 34.1 Å². The number of benzene rings is 1. The van der Waals surface area contributed by atoms with Gasteiger partial charge in [-0.05, 0) is 43.3 Å². The summed E-state index contributed by atoms with van der Waals surface area (Å²) in [6, 6.07) is 8.59. The summed E-state index contributed by atoms with van der Waals surface area (Å²) in [4.78, 5) is 53.6. The van der Waals surface area contributed by atoms with Crippen LogP contribution in [-0.2, 0) is 22.6 Å². The van der Waals surface area contributed by atoms with Crippen molar-refractivity contribution in [2.24, 2.45) is 0 Å². The van der Waals surface area contributed by atoms with Crippen molar-refractivity contribution in [1.82, 2.24) is 15.3 Å². The topological polar surface area (TPSA) is 180 Å². The maximum atomic E-state index is 12.4. The van der Waals surface area contributed by atoms with E-state index >= 15 is 0 Å². The smallest absolute Gasteiger partial charge is 0.412 e. The number of aromatic nitrogens is 2. The number of H-pyrrole nitrogens is 1. The number of anilines is 1. The number of ether oxygens (including phenoxy) is 2. The Kier molecular flexibility index (Phi) is 7.94. The summed E-state index contributed by atoms with van der Waals surface area (Å²) in [6.07, 6.45) is -1.35. The van der Waals surface area contributed by atoms with Crippen molar-refractivity contribution in [1.29, 1.82) is 0 Å². The van der Waals surface area contributed by atoms with Gasteiger partial charge >= 0.3 is 18.2 Å². The summed E-state index contributed by atoms with van der Waals surface area (Å²) in [5, 5.41) is 25.5. The van der Waals surface area contributed by atoms with Crippen molar-refractivity contribution in [2.75, 3.05) is 5.32 Å². The summed E-state index contributed by atoms with van der Waals surface area (Å²) < 4.78 is 10.5. The van der Waals surface area contributed by atoms with E-state index < -0.39 is 40.8 Å². The van der Waals surface area contributed by atoms with Crippen LogP contribution in [0.25, 0.3) is 10.7 Å². The molecule has 0 saturated carbocycles. The van der Waals surface area contributed by atoms with E-state index in [4.69, 9.17) is 14.6 Å². The van der Waals surface area contributed by atoms with Gasteiger partial charge in [-0.25, -0.2) is 19.4 Å². The van der Waals surface area contributed by atoms with Gasteiger partial charge in [0.15, 0.2) is 11.5 Å². The minimum absolute atomic E-state index is 0.0664. The van der Waals surface area contributed by atoms with Crippen molar-refractivity contribution >= 4 is 35.2 Å². The molecule has 0 radical (unpaired) electrons. The fraction of sp³-hybridized carbons (Fsp3) is 0.261. The van der Waals surface area contributed by atoms with Crippen LogP contribution in [-0.4, -0.2) is 43.9 Å². The molecule has 0 aliphatic rings. The maximum Gasteiger partial charge on any atom is 0.412 e. The van der Waals surface area contributed by atoms with Gasteiger partial charge < -0.3 is 30.0 Å². The molecule has 0 saturated heterocycles. The summed E-state index contributed by atoms with van der Waals surface area (Å²) in [7, 11) is 0. The van der Waals surface area contributed by atoms with Crippen LogP contribution in [0.15, 0.2) is 40.5 Å². The van der Waals surface area contributed by atoms with Gasteiger partial charge in [0, 0.05) is 6.54 Å². The minimum Gasteiger partial charge on any atom is -0.501 e. The molecule has 36 heavy (non-hydrogen) atoms. The predicted octanol–water partition coefficient (Wildman–Crippen LogP) is 3.68. The molecule has 0 unspecified atom stereocenters. The van der Waals surface area contributed by atoms with E-state index in [0.717, 1.165) is 16.9 Å². The van der Waals surface area contributed by atoms with Crippen molar-refractivity contribution in [2.45, 2.75) is 39.5 Å². The Labute approximate surface area is 208 Å². The van der Waals surface area contributed by atoms with Crippen molar-refractivity contribution in [3.05, 3.63) is 62.9 Å². The van der Waals surface area contributed by atoms with E-state index in [2.05, 4.69) is 20.6 Å². The quantitative estimate of drug-likeness (QED) is 0.313. The maximum absolute atomic E-state index is 12.4. The molecule has 5 N–H and O–H groups in total.